The van der Waals surface area contributed by atoms with Gasteiger partial charge >= 0.3 is 6.18 Å². The predicted octanol–water partition coefficient (Wildman–Crippen LogP) is 3.84. The molecule has 0 bridgehead atoms. The van der Waals surface area contributed by atoms with Crippen LogP contribution in [-0.4, -0.2) is 46.6 Å². The highest BCUT2D eigenvalue weighted by Crippen LogP contribution is 2.34. The number of benzene rings is 1. The van der Waals surface area contributed by atoms with Crippen molar-refractivity contribution in [1.82, 2.24) is 19.9 Å². The molecular weight excluding hydrogens is 553 g/mol. The Bertz CT molecular complexity index is 1340. The zero-order valence-corrected chi connectivity index (χ0v) is 20.9. The van der Waals surface area contributed by atoms with Crippen molar-refractivity contribution in [2.24, 2.45) is 0 Å². The lowest BCUT2D eigenvalue weighted by Crippen LogP contribution is -2.46. The van der Waals surface area contributed by atoms with Crippen molar-refractivity contribution in [2.75, 3.05) is 36.4 Å². The molecule has 1 aromatic carbocycles. The number of alkyl halides is 3. The van der Waals surface area contributed by atoms with Crippen molar-refractivity contribution in [1.29, 1.82) is 0 Å². The molecule has 1 amide bonds. The van der Waals surface area contributed by atoms with Gasteiger partial charge in [-0.05, 0) is 40.5 Å². The lowest BCUT2D eigenvalue weighted by molar-refractivity contribution is -0.137. The smallest absolute Gasteiger partial charge is 0.364 e. The molecule has 4 rings (SSSR count). The number of fused-ring (bicyclic) bond motifs is 1. The minimum Gasteiger partial charge on any atom is -0.364 e. The number of nitrogens with zero attached hydrogens (tertiary/aromatic N) is 4. The van der Waals surface area contributed by atoms with Crippen LogP contribution < -0.4 is 21.0 Å². The Morgan fingerprint density at radius 3 is 2.63 bits per heavy atom. The largest absolute Gasteiger partial charge is 0.416 e. The predicted molar refractivity (Wildman–Crippen MR) is 131 cm³/mol. The maximum absolute atomic E-state index is 13.4. The molecule has 186 valence electrons. The summed E-state index contributed by atoms with van der Waals surface area (Å²) in [4.78, 5) is 37.1. The number of anilines is 2. The van der Waals surface area contributed by atoms with Crippen molar-refractivity contribution in [3.63, 3.8) is 0 Å². The molecule has 1 aliphatic rings. The molecule has 1 saturated heterocycles. The third kappa shape index (κ3) is 5.29. The van der Waals surface area contributed by atoms with E-state index in [2.05, 4.69) is 36.5 Å². The number of piperazine rings is 1. The summed E-state index contributed by atoms with van der Waals surface area (Å²) in [5, 5.41) is 5.57. The fourth-order valence-electron chi connectivity index (χ4n) is 4.08. The van der Waals surface area contributed by atoms with Crippen LogP contribution in [-0.2, 0) is 23.9 Å². The van der Waals surface area contributed by atoms with E-state index in [9.17, 15) is 22.8 Å². The topological polar surface area (TPSA) is 92.2 Å². The van der Waals surface area contributed by atoms with Gasteiger partial charge in [-0.15, -0.1) is 0 Å². The van der Waals surface area contributed by atoms with E-state index in [0.717, 1.165) is 18.2 Å². The average Bonchev–Trinajstić information content (AvgIpc) is 2.81. The number of hydrogen-bond donors (Lipinski definition) is 2. The Kier molecular flexibility index (Phi) is 7.34. The highest BCUT2D eigenvalue weighted by Gasteiger charge is 2.31. The van der Waals surface area contributed by atoms with Crippen LogP contribution in [0, 0.1) is 0 Å². The molecule has 0 saturated carbocycles. The van der Waals surface area contributed by atoms with Crippen LogP contribution in [0.25, 0.3) is 11.2 Å². The van der Waals surface area contributed by atoms with Gasteiger partial charge in [0.05, 0.1) is 22.5 Å². The molecule has 13 heteroatoms. The summed E-state index contributed by atoms with van der Waals surface area (Å²) in [6.45, 7) is 4.27. The van der Waals surface area contributed by atoms with E-state index in [0.29, 0.717) is 48.6 Å². The molecule has 0 radical (unpaired) electrons. The second kappa shape index (κ2) is 10.1. The van der Waals surface area contributed by atoms with Gasteiger partial charge in [-0.2, -0.15) is 13.2 Å². The van der Waals surface area contributed by atoms with Crippen molar-refractivity contribution < 1.29 is 18.0 Å². The molecule has 0 spiro atoms. The first-order chi connectivity index (χ1) is 16.6. The van der Waals surface area contributed by atoms with Crippen LogP contribution in [0.1, 0.15) is 18.2 Å². The number of carbonyl (C=O) groups is 1. The minimum absolute atomic E-state index is 0.0456. The van der Waals surface area contributed by atoms with E-state index < -0.39 is 17.6 Å². The molecular formula is C22H21BrClF3N6O2. The van der Waals surface area contributed by atoms with Gasteiger partial charge < -0.3 is 20.1 Å². The quantitative estimate of drug-likeness (QED) is 0.482. The fourth-order valence-corrected chi connectivity index (χ4v) is 4.59. The molecule has 3 heterocycles. The molecule has 8 nitrogen and oxygen atoms in total. The number of rotatable bonds is 5. The van der Waals surface area contributed by atoms with E-state index in [1.54, 1.807) is 4.57 Å². The SMILES string of the molecule is CCc1c(N2CCNCC2)c(=O)c2nc(Br)cnc2n1CC(=O)Nc1ccc(C(F)(F)F)cc1Cl. The molecule has 3 aromatic rings. The summed E-state index contributed by atoms with van der Waals surface area (Å²) in [6.07, 6.45) is -2.67. The lowest BCUT2D eigenvalue weighted by Gasteiger charge is -2.31. The van der Waals surface area contributed by atoms with Gasteiger partial charge in [-0.1, -0.05) is 18.5 Å². The van der Waals surface area contributed by atoms with Crippen LogP contribution in [0.3, 0.4) is 0 Å². The number of nitrogens with one attached hydrogen (secondary N) is 2. The van der Waals surface area contributed by atoms with Gasteiger partial charge in [-0.3, -0.25) is 9.59 Å². The lowest BCUT2D eigenvalue weighted by atomic mass is 10.1. The summed E-state index contributed by atoms with van der Waals surface area (Å²) in [5.41, 5.74) is 0.304. The first-order valence-corrected chi connectivity index (χ1v) is 12.0. The van der Waals surface area contributed by atoms with Crippen molar-refractivity contribution in [3.8, 4) is 0 Å². The summed E-state index contributed by atoms with van der Waals surface area (Å²) in [5.74, 6) is -0.540. The number of hydrogen-bond acceptors (Lipinski definition) is 6. The molecule has 35 heavy (non-hydrogen) atoms. The third-order valence-corrected chi connectivity index (χ3v) is 6.34. The number of carbonyl (C=O) groups excluding carboxylic acids is 1. The van der Waals surface area contributed by atoms with E-state index in [1.165, 1.54) is 6.20 Å². The number of pyridine rings is 1. The number of aromatic nitrogens is 3. The first-order valence-electron chi connectivity index (χ1n) is 10.8. The van der Waals surface area contributed by atoms with Crippen LogP contribution in [0.2, 0.25) is 5.02 Å². The van der Waals surface area contributed by atoms with Gasteiger partial charge in [0.1, 0.15) is 16.8 Å². The van der Waals surface area contributed by atoms with Crippen LogP contribution in [0.5, 0.6) is 0 Å². The highest BCUT2D eigenvalue weighted by molar-refractivity contribution is 9.10. The normalized spacial score (nSPS) is 14.4. The summed E-state index contributed by atoms with van der Waals surface area (Å²) >= 11 is 9.25. The average molecular weight is 574 g/mol. The zero-order chi connectivity index (χ0) is 25.3. The minimum atomic E-state index is -4.55. The van der Waals surface area contributed by atoms with Gasteiger partial charge in [-0.25, -0.2) is 9.97 Å². The van der Waals surface area contributed by atoms with E-state index in [1.807, 2.05) is 11.8 Å². The van der Waals surface area contributed by atoms with Crippen molar-refractivity contribution in [3.05, 3.63) is 55.5 Å². The monoisotopic (exact) mass is 572 g/mol. The van der Waals surface area contributed by atoms with E-state index >= 15 is 0 Å². The number of amides is 1. The van der Waals surface area contributed by atoms with Gasteiger partial charge in [0.15, 0.2) is 11.2 Å². The molecule has 0 unspecified atom stereocenters. The second-order valence-corrected chi connectivity index (χ2v) is 9.13. The van der Waals surface area contributed by atoms with Gasteiger partial charge in [0.25, 0.3) is 0 Å². The Labute approximate surface area is 211 Å². The summed E-state index contributed by atoms with van der Waals surface area (Å²) < 4.78 is 40.8. The van der Waals surface area contributed by atoms with Gasteiger partial charge in [0, 0.05) is 31.9 Å². The Balaban J connectivity index is 1.75. The summed E-state index contributed by atoms with van der Waals surface area (Å²) in [6, 6.07) is 2.71. The standard InChI is InChI=1S/C22H21BrClF3N6O2/c1-2-15-19(32-7-5-28-6-8-32)20(35)18-21(29-10-16(23)31-18)33(15)11-17(34)30-14-4-3-12(9-13(14)24)22(25,26)27/h3-4,9-10,28H,2,5-8,11H2,1H3,(H,30,34). The highest BCUT2D eigenvalue weighted by atomic mass is 79.9. The molecule has 2 N–H and O–H groups in total. The molecule has 2 aromatic heterocycles. The molecule has 0 atom stereocenters. The third-order valence-electron chi connectivity index (χ3n) is 5.65. The molecule has 0 aliphatic carbocycles. The van der Waals surface area contributed by atoms with E-state index in [-0.39, 0.29) is 33.8 Å². The van der Waals surface area contributed by atoms with E-state index in [4.69, 9.17) is 11.6 Å². The Morgan fingerprint density at radius 2 is 2.00 bits per heavy atom. The first kappa shape index (κ1) is 25.4. The van der Waals surface area contributed by atoms with Crippen LogP contribution in [0.15, 0.2) is 33.8 Å². The Morgan fingerprint density at radius 1 is 1.29 bits per heavy atom. The Hall–Kier alpha value is -2.70. The summed E-state index contributed by atoms with van der Waals surface area (Å²) in [7, 11) is 0. The maximum atomic E-state index is 13.4. The van der Waals surface area contributed by atoms with Crippen LogP contribution in [0.4, 0.5) is 24.5 Å². The molecule has 1 fully saturated rings. The zero-order valence-electron chi connectivity index (χ0n) is 18.5. The molecule has 1 aliphatic heterocycles. The maximum Gasteiger partial charge on any atom is 0.416 e. The number of halogens is 5. The van der Waals surface area contributed by atoms with Crippen molar-refractivity contribution >= 4 is 56.0 Å². The fraction of sp³-hybridized carbons (Fsp3) is 0.364. The van der Waals surface area contributed by atoms with Gasteiger partial charge in [0.2, 0.25) is 11.3 Å². The van der Waals surface area contributed by atoms with Crippen LogP contribution >= 0.6 is 27.5 Å². The van der Waals surface area contributed by atoms with Crippen molar-refractivity contribution in [2.45, 2.75) is 26.1 Å². The second-order valence-electron chi connectivity index (χ2n) is 7.91.